The molecule has 1 aromatic carbocycles. The number of hydrogen-bond donors (Lipinski definition) is 1. The molecule has 1 aromatic rings. The predicted molar refractivity (Wildman–Crippen MR) is 74.2 cm³/mol. The lowest BCUT2D eigenvalue weighted by Crippen LogP contribution is -2.52. The topological polar surface area (TPSA) is 66.8 Å². The third kappa shape index (κ3) is 3.45. The number of benzene rings is 1. The zero-order valence-corrected chi connectivity index (χ0v) is 11.3. The van der Waals surface area contributed by atoms with Crippen LogP contribution in [0.2, 0.25) is 0 Å². The summed E-state index contributed by atoms with van der Waals surface area (Å²) in [5.74, 6) is -1.34. The second-order valence-electron chi connectivity index (χ2n) is 4.70. The Morgan fingerprint density at radius 3 is 2.70 bits per heavy atom. The molecule has 1 saturated heterocycles. The summed E-state index contributed by atoms with van der Waals surface area (Å²) in [5.41, 5.74) is 2.05. The zero-order valence-electron chi connectivity index (χ0n) is 11.3. The van der Waals surface area contributed by atoms with Gasteiger partial charge in [-0.25, -0.2) is 4.79 Å². The Kier molecular flexibility index (Phi) is 4.53. The molecular formula is C15H17NO4. The number of aryl methyl sites for hydroxylation is 1. The lowest BCUT2D eigenvalue weighted by atomic mass is 10.1. The molecule has 0 aromatic heterocycles. The van der Waals surface area contributed by atoms with E-state index in [9.17, 15) is 9.59 Å². The highest BCUT2D eigenvalue weighted by Gasteiger charge is 2.31. The summed E-state index contributed by atoms with van der Waals surface area (Å²) in [7, 11) is 0. The number of rotatable bonds is 3. The molecule has 1 N–H and O–H groups in total. The van der Waals surface area contributed by atoms with Gasteiger partial charge in [-0.2, -0.15) is 0 Å². The van der Waals surface area contributed by atoms with Crippen molar-refractivity contribution in [2.24, 2.45) is 0 Å². The van der Waals surface area contributed by atoms with Crippen LogP contribution in [0.4, 0.5) is 0 Å². The summed E-state index contributed by atoms with van der Waals surface area (Å²) in [6.45, 7) is 2.70. The average Bonchev–Trinajstić information content (AvgIpc) is 2.46. The second-order valence-corrected chi connectivity index (χ2v) is 4.70. The molecule has 0 spiro atoms. The molecule has 20 heavy (non-hydrogen) atoms. The van der Waals surface area contributed by atoms with E-state index in [4.69, 9.17) is 9.84 Å². The maximum atomic E-state index is 12.1. The first kappa shape index (κ1) is 14.3. The van der Waals surface area contributed by atoms with Crippen molar-refractivity contribution in [3.05, 3.63) is 41.5 Å². The number of carbonyl (C=O) groups is 2. The number of aliphatic carboxylic acids is 1. The molecule has 0 aliphatic carbocycles. The van der Waals surface area contributed by atoms with Gasteiger partial charge in [-0.1, -0.05) is 29.8 Å². The van der Waals surface area contributed by atoms with Crippen molar-refractivity contribution in [3.63, 3.8) is 0 Å². The number of carboxylic acid groups (broad SMARTS) is 1. The Balaban J connectivity index is 2.06. The van der Waals surface area contributed by atoms with Gasteiger partial charge < -0.3 is 14.7 Å². The van der Waals surface area contributed by atoms with Gasteiger partial charge in [0.1, 0.15) is 0 Å². The van der Waals surface area contributed by atoms with Gasteiger partial charge in [0.2, 0.25) is 5.91 Å². The van der Waals surface area contributed by atoms with Crippen LogP contribution in [0.5, 0.6) is 0 Å². The Morgan fingerprint density at radius 1 is 1.35 bits per heavy atom. The highest BCUT2D eigenvalue weighted by Crippen LogP contribution is 2.10. The zero-order chi connectivity index (χ0) is 14.5. The number of nitrogens with zero attached hydrogens (tertiary/aromatic N) is 1. The summed E-state index contributed by atoms with van der Waals surface area (Å²) in [6.07, 6.45) is 3.10. The Bertz CT molecular complexity index is 521. The minimum Gasteiger partial charge on any atom is -0.480 e. The van der Waals surface area contributed by atoms with E-state index < -0.39 is 12.0 Å². The van der Waals surface area contributed by atoms with Crippen molar-refractivity contribution >= 4 is 18.0 Å². The van der Waals surface area contributed by atoms with Crippen LogP contribution < -0.4 is 0 Å². The summed E-state index contributed by atoms with van der Waals surface area (Å²) in [5, 5.41) is 9.08. The van der Waals surface area contributed by atoms with Crippen LogP contribution in [0.3, 0.4) is 0 Å². The second kappa shape index (κ2) is 6.34. The van der Waals surface area contributed by atoms with Gasteiger partial charge in [0.25, 0.3) is 0 Å². The maximum Gasteiger partial charge on any atom is 0.328 e. The van der Waals surface area contributed by atoms with Crippen molar-refractivity contribution < 1.29 is 19.4 Å². The minimum absolute atomic E-state index is 0.0411. The molecule has 0 saturated carbocycles. The number of ether oxygens (including phenoxy) is 1. The lowest BCUT2D eigenvalue weighted by molar-refractivity contribution is -0.156. The quantitative estimate of drug-likeness (QED) is 0.845. The van der Waals surface area contributed by atoms with Gasteiger partial charge in [0.15, 0.2) is 6.04 Å². The van der Waals surface area contributed by atoms with Gasteiger partial charge in [-0.3, -0.25) is 4.79 Å². The Labute approximate surface area is 117 Å². The minimum atomic E-state index is -1.04. The van der Waals surface area contributed by atoms with Crippen LogP contribution in [0, 0.1) is 6.92 Å². The lowest BCUT2D eigenvalue weighted by Gasteiger charge is -2.31. The van der Waals surface area contributed by atoms with Crippen molar-refractivity contribution in [2.75, 3.05) is 19.8 Å². The van der Waals surface area contributed by atoms with Crippen molar-refractivity contribution in [1.29, 1.82) is 0 Å². The van der Waals surface area contributed by atoms with Gasteiger partial charge >= 0.3 is 5.97 Å². The molecule has 1 aliphatic rings. The molecule has 1 atom stereocenters. The van der Waals surface area contributed by atoms with Crippen LogP contribution in [0.1, 0.15) is 11.1 Å². The summed E-state index contributed by atoms with van der Waals surface area (Å²) >= 11 is 0. The highest BCUT2D eigenvalue weighted by atomic mass is 16.5. The predicted octanol–water partition coefficient (Wildman–Crippen LogP) is 1.32. The third-order valence-corrected chi connectivity index (χ3v) is 3.19. The van der Waals surface area contributed by atoms with Gasteiger partial charge in [-0.15, -0.1) is 0 Å². The first-order valence-corrected chi connectivity index (χ1v) is 6.44. The van der Waals surface area contributed by atoms with E-state index in [0.29, 0.717) is 13.2 Å². The van der Waals surface area contributed by atoms with E-state index in [-0.39, 0.29) is 12.5 Å². The normalized spacial score (nSPS) is 19.2. The summed E-state index contributed by atoms with van der Waals surface area (Å²) < 4.78 is 5.10. The fourth-order valence-corrected chi connectivity index (χ4v) is 2.01. The molecule has 1 amide bonds. The van der Waals surface area contributed by atoms with Gasteiger partial charge in [0.05, 0.1) is 13.2 Å². The van der Waals surface area contributed by atoms with Gasteiger partial charge in [0, 0.05) is 12.6 Å². The van der Waals surface area contributed by atoms with Crippen molar-refractivity contribution in [2.45, 2.75) is 13.0 Å². The summed E-state index contributed by atoms with van der Waals surface area (Å²) in [6, 6.07) is 6.83. The molecule has 0 bridgehead atoms. The van der Waals surface area contributed by atoms with E-state index in [1.165, 1.54) is 11.0 Å². The van der Waals surface area contributed by atoms with E-state index in [2.05, 4.69) is 0 Å². The van der Waals surface area contributed by atoms with Gasteiger partial charge in [-0.05, 0) is 18.6 Å². The number of hydrogen-bond acceptors (Lipinski definition) is 3. The molecule has 0 unspecified atom stereocenters. The smallest absolute Gasteiger partial charge is 0.328 e. The molecule has 1 aliphatic heterocycles. The molecule has 5 heteroatoms. The third-order valence-electron chi connectivity index (χ3n) is 3.19. The first-order valence-electron chi connectivity index (χ1n) is 6.44. The monoisotopic (exact) mass is 275 g/mol. The number of carboxylic acids is 1. The van der Waals surface area contributed by atoms with E-state index in [0.717, 1.165) is 11.1 Å². The van der Waals surface area contributed by atoms with Crippen LogP contribution in [0.15, 0.2) is 30.3 Å². The standard InChI is InChI=1S/C15H17NO4/c1-11-2-4-12(5-3-11)6-7-14(17)16-8-9-20-10-13(16)15(18)19/h2-7,13H,8-10H2,1H3,(H,18,19)/b7-6+/t13-/m0/s1. The largest absolute Gasteiger partial charge is 0.480 e. The Morgan fingerprint density at radius 2 is 2.05 bits per heavy atom. The number of carbonyl (C=O) groups excluding carboxylic acids is 1. The molecule has 106 valence electrons. The number of morpholine rings is 1. The first-order chi connectivity index (χ1) is 9.58. The van der Waals surface area contributed by atoms with E-state index in [1.54, 1.807) is 6.08 Å². The van der Waals surface area contributed by atoms with Crippen LogP contribution >= 0.6 is 0 Å². The SMILES string of the molecule is Cc1ccc(/C=C/C(=O)N2CCOC[C@H]2C(=O)O)cc1. The fourth-order valence-electron chi connectivity index (χ4n) is 2.01. The molecule has 2 rings (SSSR count). The molecule has 1 heterocycles. The van der Waals surface area contributed by atoms with Crippen LogP contribution in [0.25, 0.3) is 6.08 Å². The van der Waals surface area contributed by atoms with Crippen LogP contribution in [-0.4, -0.2) is 47.7 Å². The van der Waals surface area contributed by atoms with E-state index >= 15 is 0 Å². The average molecular weight is 275 g/mol. The highest BCUT2D eigenvalue weighted by molar-refractivity contribution is 5.94. The van der Waals surface area contributed by atoms with Crippen molar-refractivity contribution in [1.82, 2.24) is 4.90 Å². The molecule has 5 nitrogen and oxygen atoms in total. The van der Waals surface area contributed by atoms with Crippen LogP contribution in [-0.2, 0) is 14.3 Å². The molecular weight excluding hydrogens is 258 g/mol. The summed E-state index contributed by atoms with van der Waals surface area (Å²) in [4.78, 5) is 24.5. The molecule has 1 fully saturated rings. The maximum absolute atomic E-state index is 12.1. The van der Waals surface area contributed by atoms with E-state index in [1.807, 2.05) is 31.2 Å². The number of amides is 1. The fraction of sp³-hybridized carbons (Fsp3) is 0.333. The molecule has 0 radical (unpaired) electrons. The Hall–Kier alpha value is -2.14. The van der Waals surface area contributed by atoms with Crippen molar-refractivity contribution in [3.8, 4) is 0 Å².